The molecule has 5 nitrogen and oxygen atoms in total. The highest BCUT2D eigenvalue weighted by Crippen LogP contribution is 2.26. The van der Waals surface area contributed by atoms with Crippen LogP contribution in [0.25, 0.3) is 0 Å². The zero-order valence-electron chi connectivity index (χ0n) is 8.69. The lowest BCUT2D eigenvalue weighted by molar-refractivity contribution is 0.653. The van der Waals surface area contributed by atoms with E-state index in [9.17, 15) is 4.79 Å². The Kier molecular flexibility index (Phi) is 2.98. The Morgan fingerprint density at radius 1 is 1.81 bits per heavy atom. The van der Waals surface area contributed by atoms with Gasteiger partial charge in [0.2, 0.25) is 0 Å². The van der Waals surface area contributed by atoms with Gasteiger partial charge in [0.1, 0.15) is 5.02 Å². The molecule has 2 atom stereocenters. The molecule has 0 amide bonds. The van der Waals surface area contributed by atoms with Gasteiger partial charge in [0.25, 0.3) is 5.56 Å². The highest BCUT2D eigenvalue weighted by atomic mass is 35.5. The van der Waals surface area contributed by atoms with Crippen molar-refractivity contribution < 1.29 is 0 Å². The fraction of sp³-hybridized carbons (Fsp3) is 0.400. The first-order valence-electron chi connectivity index (χ1n) is 5.02. The number of aromatic nitrogens is 2. The summed E-state index contributed by atoms with van der Waals surface area (Å²) in [5.74, 6) is 0. The topological polar surface area (TPSA) is 72.9 Å². The molecule has 1 aliphatic rings. The summed E-state index contributed by atoms with van der Waals surface area (Å²) in [5, 5.41) is 7.21. The predicted octanol–water partition coefficient (Wildman–Crippen LogP) is 0.594. The van der Waals surface area contributed by atoms with E-state index in [-0.39, 0.29) is 22.7 Å². The number of anilines is 1. The molecule has 0 bridgehead atoms. The molecule has 2 rings (SSSR count). The molecule has 0 spiro atoms. The maximum atomic E-state index is 11.7. The number of nitrogens with one attached hydrogen (secondary N) is 1. The lowest BCUT2D eigenvalue weighted by atomic mass is 10.4. The van der Waals surface area contributed by atoms with E-state index in [0.29, 0.717) is 12.2 Å². The van der Waals surface area contributed by atoms with Gasteiger partial charge in [0.05, 0.1) is 18.4 Å². The Hall–Kier alpha value is -1.33. The second-order valence-electron chi connectivity index (χ2n) is 3.80. The number of nitrogens with zero attached hydrogens (tertiary/aromatic N) is 2. The lowest BCUT2D eigenvalue weighted by Crippen LogP contribution is -2.24. The molecule has 1 heterocycles. The van der Waals surface area contributed by atoms with Crippen molar-refractivity contribution >= 4 is 17.3 Å². The summed E-state index contributed by atoms with van der Waals surface area (Å²) in [6, 6.07) is 0.348. The predicted molar refractivity (Wildman–Crippen MR) is 63.7 cm³/mol. The molecular weight excluding hydrogens is 228 g/mol. The minimum absolute atomic E-state index is 0.145. The molecule has 0 radical (unpaired) electrons. The van der Waals surface area contributed by atoms with Crippen LogP contribution in [0.1, 0.15) is 6.42 Å². The molecule has 0 aromatic carbocycles. The second-order valence-corrected chi connectivity index (χ2v) is 4.18. The Bertz CT molecular complexity index is 470. The van der Waals surface area contributed by atoms with Gasteiger partial charge in [-0.05, 0) is 6.42 Å². The second kappa shape index (κ2) is 4.27. The summed E-state index contributed by atoms with van der Waals surface area (Å²) in [6.07, 6.45) is 4.03. The number of nitrogens with two attached hydrogens (primary N) is 1. The Balaban J connectivity index is 2.24. The van der Waals surface area contributed by atoms with Crippen LogP contribution in [0.2, 0.25) is 5.02 Å². The fourth-order valence-corrected chi connectivity index (χ4v) is 1.60. The van der Waals surface area contributed by atoms with Gasteiger partial charge >= 0.3 is 0 Å². The fourth-order valence-electron chi connectivity index (χ4n) is 1.40. The summed E-state index contributed by atoms with van der Waals surface area (Å²) in [4.78, 5) is 11.7. The van der Waals surface area contributed by atoms with Crippen molar-refractivity contribution in [3.8, 4) is 0 Å². The standard InChI is InChI=1S/C10H13ClN4O/c1-2-3-15-10(16)9(11)8(5-13-15)14-7-4-6(7)12/h2,5-7,14H,1,3-4,12H2. The van der Waals surface area contributed by atoms with Crippen LogP contribution in [0.4, 0.5) is 5.69 Å². The molecule has 1 fully saturated rings. The number of rotatable bonds is 4. The SMILES string of the molecule is C=CCn1ncc(NC2CC2N)c(Cl)c1=O. The van der Waals surface area contributed by atoms with Crippen LogP contribution in [0.5, 0.6) is 0 Å². The Morgan fingerprint density at radius 3 is 3.06 bits per heavy atom. The summed E-state index contributed by atoms with van der Waals surface area (Å²) < 4.78 is 1.26. The molecule has 1 aromatic heterocycles. The van der Waals surface area contributed by atoms with Gasteiger partial charge in [-0.3, -0.25) is 4.79 Å². The first kappa shape index (κ1) is 11.2. The van der Waals surface area contributed by atoms with Crippen molar-refractivity contribution in [1.82, 2.24) is 9.78 Å². The van der Waals surface area contributed by atoms with Crippen molar-refractivity contribution in [3.05, 3.63) is 34.2 Å². The molecule has 86 valence electrons. The number of halogens is 1. The van der Waals surface area contributed by atoms with E-state index < -0.39 is 0 Å². The summed E-state index contributed by atoms with van der Waals surface area (Å²) in [6.45, 7) is 3.89. The van der Waals surface area contributed by atoms with Gasteiger partial charge in [0.15, 0.2) is 0 Å². The summed E-state index contributed by atoms with van der Waals surface area (Å²) in [7, 11) is 0. The van der Waals surface area contributed by atoms with E-state index in [1.54, 1.807) is 6.08 Å². The van der Waals surface area contributed by atoms with Crippen LogP contribution < -0.4 is 16.6 Å². The van der Waals surface area contributed by atoms with E-state index in [1.165, 1.54) is 10.9 Å². The quantitative estimate of drug-likeness (QED) is 0.756. The molecule has 6 heteroatoms. The van der Waals surface area contributed by atoms with Gasteiger partial charge in [-0.1, -0.05) is 17.7 Å². The van der Waals surface area contributed by atoms with Crippen molar-refractivity contribution in [2.24, 2.45) is 5.73 Å². The number of hydrogen-bond acceptors (Lipinski definition) is 4. The van der Waals surface area contributed by atoms with Crippen molar-refractivity contribution in [3.63, 3.8) is 0 Å². The first-order chi connectivity index (χ1) is 7.63. The summed E-state index contributed by atoms with van der Waals surface area (Å²) in [5.41, 5.74) is 5.88. The Morgan fingerprint density at radius 2 is 2.50 bits per heavy atom. The van der Waals surface area contributed by atoms with E-state index in [2.05, 4.69) is 17.0 Å². The molecule has 2 unspecified atom stereocenters. The third-order valence-electron chi connectivity index (χ3n) is 2.47. The highest BCUT2D eigenvalue weighted by Gasteiger charge is 2.33. The van der Waals surface area contributed by atoms with Crippen LogP contribution in [-0.2, 0) is 6.54 Å². The monoisotopic (exact) mass is 240 g/mol. The smallest absolute Gasteiger partial charge is 0.287 e. The van der Waals surface area contributed by atoms with E-state index >= 15 is 0 Å². The van der Waals surface area contributed by atoms with Crippen LogP contribution in [0.15, 0.2) is 23.6 Å². The zero-order valence-corrected chi connectivity index (χ0v) is 9.44. The first-order valence-corrected chi connectivity index (χ1v) is 5.40. The van der Waals surface area contributed by atoms with E-state index in [0.717, 1.165) is 6.42 Å². The van der Waals surface area contributed by atoms with Crippen LogP contribution >= 0.6 is 11.6 Å². The largest absolute Gasteiger partial charge is 0.378 e. The molecule has 1 saturated carbocycles. The molecule has 1 aliphatic carbocycles. The molecule has 0 aliphatic heterocycles. The minimum Gasteiger partial charge on any atom is -0.378 e. The van der Waals surface area contributed by atoms with E-state index in [1.807, 2.05) is 0 Å². The van der Waals surface area contributed by atoms with Gasteiger partial charge in [-0.25, -0.2) is 4.68 Å². The average Bonchev–Trinajstić information content (AvgIpc) is 2.94. The average molecular weight is 241 g/mol. The third-order valence-corrected chi connectivity index (χ3v) is 2.83. The maximum Gasteiger partial charge on any atom is 0.287 e. The third kappa shape index (κ3) is 2.10. The maximum absolute atomic E-state index is 11.7. The number of hydrogen-bond donors (Lipinski definition) is 2. The number of allylic oxidation sites excluding steroid dienone is 1. The van der Waals surface area contributed by atoms with Crippen molar-refractivity contribution in [2.45, 2.75) is 25.0 Å². The van der Waals surface area contributed by atoms with Crippen LogP contribution in [0.3, 0.4) is 0 Å². The molecule has 0 saturated heterocycles. The van der Waals surface area contributed by atoms with Crippen LogP contribution in [0, 0.1) is 0 Å². The lowest BCUT2D eigenvalue weighted by Gasteiger charge is -2.08. The molecule has 3 N–H and O–H groups in total. The van der Waals surface area contributed by atoms with Crippen molar-refractivity contribution in [2.75, 3.05) is 5.32 Å². The van der Waals surface area contributed by atoms with Gasteiger partial charge in [-0.2, -0.15) is 5.10 Å². The molecular formula is C10H13ClN4O. The highest BCUT2D eigenvalue weighted by molar-refractivity contribution is 6.32. The zero-order chi connectivity index (χ0) is 11.7. The molecule has 1 aromatic rings. The van der Waals surface area contributed by atoms with Gasteiger partial charge in [0, 0.05) is 12.1 Å². The van der Waals surface area contributed by atoms with E-state index in [4.69, 9.17) is 17.3 Å². The minimum atomic E-state index is -0.319. The molecule has 16 heavy (non-hydrogen) atoms. The van der Waals surface area contributed by atoms with Gasteiger partial charge in [-0.15, -0.1) is 6.58 Å². The van der Waals surface area contributed by atoms with Crippen molar-refractivity contribution in [1.29, 1.82) is 0 Å². The normalized spacial score (nSPS) is 22.9. The van der Waals surface area contributed by atoms with Gasteiger partial charge < -0.3 is 11.1 Å². The van der Waals surface area contributed by atoms with Crippen LogP contribution in [-0.4, -0.2) is 21.9 Å². The Labute approximate surface area is 97.9 Å². The summed E-state index contributed by atoms with van der Waals surface area (Å²) >= 11 is 5.94.